The molecule has 1 aromatic rings. The van der Waals surface area contributed by atoms with Gasteiger partial charge in [0.05, 0.1) is 0 Å². The van der Waals surface area contributed by atoms with Crippen LogP contribution in [-0.4, -0.2) is 13.7 Å². The normalized spacial score (nSPS) is 14.9. The average molecular weight is 228 g/mol. The second kappa shape index (κ2) is 6.11. The van der Waals surface area contributed by atoms with Crippen molar-refractivity contribution >= 4 is 11.6 Å². The van der Waals surface area contributed by atoms with E-state index in [2.05, 4.69) is 6.92 Å². The van der Waals surface area contributed by atoms with E-state index in [0.29, 0.717) is 5.92 Å². The fourth-order valence-electron chi connectivity index (χ4n) is 1.69. The Morgan fingerprint density at radius 3 is 2.67 bits per heavy atom. The number of halogens is 1. The van der Waals surface area contributed by atoms with Gasteiger partial charge in [-0.1, -0.05) is 36.7 Å². The standard InChI is InChI=1S/C12H18ClNO/c1-9(8-15-2)7-12(14)10-5-3-4-6-11(10)13/h3-6,9,12H,7-8,14H2,1-2H3. The van der Waals surface area contributed by atoms with Crippen LogP contribution in [0.25, 0.3) is 0 Å². The van der Waals surface area contributed by atoms with Crippen molar-refractivity contribution in [3.8, 4) is 0 Å². The van der Waals surface area contributed by atoms with Crippen molar-refractivity contribution in [3.05, 3.63) is 34.9 Å². The Kier molecular flexibility index (Phi) is 5.09. The molecule has 3 heteroatoms. The molecule has 0 bridgehead atoms. The van der Waals surface area contributed by atoms with Gasteiger partial charge in [0, 0.05) is 24.8 Å². The highest BCUT2D eigenvalue weighted by molar-refractivity contribution is 6.31. The zero-order valence-electron chi connectivity index (χ0n) is 9.24. The molecule has 0 aliphatic rings. The monoisotopic (exact) mass is 227 g/mol. The number of benzene rings is 1. The highest BCUT2D eigenvalue weighted by Gasteiger charge is 2.13. The van der Waals surface area contributed by atoms with E-state index in [1.165, 1.54) is 0 Å². The summed E-state index contributed by atoms with van der Waals surface area (Å²) in [7, 11) is 1.71. The molecule has 0 radical (unpaired) electrons. The molecule has 2 N–H and O–H groups in total. The highest BCUT2D eigenvalue weighted by Crippen LogP contribution is 2.25. The minimum atomic E-state index is -0.0103. The fourth-order valence-corrected chi connectivity index (χ4v) is 1.96. The smallest absolute Gasteiger partial charge is 0.0488 e. The molecule has 0 saturated carbocycles. The first kappa shape index (κ1) is 12.5. The van der Waals surface area contributed by atoms with Gasteiger partial charge in [0.1, 0.15) is 0 Å². The first-order chi connectivity index (χ1) is 7.15. The van der Waals surface area contributed by atoms with Crippen molar-refractivity contribution in [2.75, 3.05) is 13.7 Å². The van der Waals surface area contributed by atoms with Crippen LogP contribution < -0.4 is 5.73 Å². The van der Waals surface area contributed by atoms with E-state index in [0.717, 1.165) is 23.6 Å². The third kappa shape index (κ3) is 3.82. The summed E-state index contributed by atoms with van der Waals surface area (Å²) in [4.78, 5) is 0. The molecular formula is C12H18ClNO. The predicted molar refractivity (Wildman–Crippen MR) is 64.0 cm³/mol. The topological polar surface area (TPSA) is 35.2 Å². The Morgan fingerprint density at radius 1 is 1.40 bits per heavy atom. The molecule has 15 heavy (non-hydrogen) atoms. The molecule has 1 aromatic carbocycles. The molecule has 0 saturated heterocycles. The van der Waals surface area contributed by atoms with E-state index in [1.807, 2.05) is 24.3 Å². The second-order valence-electron chi connectivity index (χ2n) is 3.92. The average Bonchev–Trinajstić information content (AvgIpc) is 2.18. The van der Waals surface area contributed by atoms with E-state index in [-0.39, 0.29) is 6.04 Å². The van der Waals surface area contributed by atoms with E-state index in [1.54, 1.807) is 7.11 Å². The van der Waals surface area contributed by atoms with Crippen molar-refractivity contribution in [2.24, 2.45) is 11.7 Å². The third-order valence-corrected chi connectivity index (χ3v) is 2.76. The minimum absolute atomic E-state index is 0.0103. The Hall–Kier alpha value is -0.570. The van der Waals surface area contributed by atoms with Gasteiger partial charge in [0.2, 0.25) is 0 Å². The van der Waals surface area contributed by atoms with Crippen LogP contribution >= 0.6 is 11.6 Å². The third-order valence-electron chi connectivity index (χ3n) is 2.41. The van der Waals surface area contributed by atoms with Crippen LogP contribution in [0.15, 0.2) is 24.3 Å². The van der Waals surface area contributed by atoms with Gasteiger partial charge < -0.3 is 10.5 Å². The van der Waals surface area contributed by atoms with Crippen molar-refractivity contribution in [1.29, 1.82) is 0 Å². The molecule has 2 unspecified atom stereocenters. The van der Waals surface area contributed by atoms with E-state index >= 15 is 0 Å². The molecule has 0 aliphatic carbocycles. The lowest BCUT2D eigenvalue weighted by atomic mass is 9.97. The van der Waals surface area contributed by atoms with Crippen molar-refractivity contribution in [2.45, 2.75) is 19.4 Å². The molecule has 0 heterocycles. The number of hydrogen-bond donors (Lipinski definition) is 1. The van der Waals surface area contributed by atoms with Gasteiger partial charge in [-0.25, -0.2) is 0 Å². The first-order valence-electron chi connectivity index (χ1n) is 5.14. The molecule has 0 aliphatic heterocycles. The molecule has 0 amide bonds. The van der Waals surface area contributed by atoms with Gasteiger partial charge in [0.25, 0.3) is 0 Å². The number of nitrogens with two attached hydrogens (primary N) is 1. The predicted octanol–water partition coefficient (Wildman–Crippen LogP) is 3.01. The zero-order valence-corrected chi connectivity index (χ0v) is 10.00. The zero-order chi connectivity index (χ0) is 11.3. The second-order valence-corrected chi connectivity index (χ2v) is 4.33. The van der Waals surface area contributed by atoms with Gasteiger partial charge in [0.15, 0.2) is 0 Å². The van der Waals surface area contributed by atoms with Gasteiger partial charge in [-0.3, -0.25) is 0 Å². The Labute approximate surface area is 96.4 Å². The van der Waals surface area contributed by atoms with Gasteiger partial charge in [-0.05, 0) is 24.0 Å². The minimum Gasteiger partial charge on any atom is -0.384 e. The van der Waals surface area contributed by atoms with Crippen molar-refractivity contribution in [1.82, 2.24) is 0 Å². The Morgan fingerprint density at radius 2 is 2.07 bits per heavy atom. The Bertz CT molecular complexity index is 303. The largest absolute Gasteiger partial charge is 0.384 e. The van der Waals surface area contributed by atoms with Crippen LogP contribution in [0.2, 0.25) is 5.02 Å². The van der Waals surface area contributed by atoms with Gasteiger partial charge in [-0.2, -0.15) is 0 Å². The lowest BCUT2D eigenvalue weighted by molar-refractivity contribution is 0.152. The summed E-state index contributed by atoms with van der Waals surface area (Å²) in [6.45, 7) is 2.86. The van der Waals surface area contributed by atoms with Crippen LogP contribution in [0.5, 0.6) is 0 Å². The molecule has 0 fully saturated rings. The van der Waals surface area contributed by atoms with Gasteiger partial charge in [-0.15, -0.1) is 0 Å². The summed E-state index contributed by atoms with van der Waals surface area (Å²) in [5.41, 5.74) is 7.10. The number of hydrogen-bond acceptors (Lipinski definition) is 2. The van der Waals surface area contributed by atoms with Crippen molar-refractivity contribution < 1.29 is 4.74 Å². The molecule has 1 rings (SSSR count). The van der Waals surface area contributed by atoms with Crippen LogP contribution in [-0.2, 0) is 4.74 Å². The van der Waals surface area contributed by atoms with Crippen LogP contribution in [0.1, 0.15) is 24.9 Å². The summed E-state index contributed by atoms with van der Waals surface area (Å²) in [6, 6.07) is 7.72. The molecule has 0 aromatic heterocycles. The lowest BCUT2D eigenvalue weighted by Crippen LogP contribution is -2.16. The number of methoxy groups -OCH3 is 1. The van der Waals surface area contributed by atoms with Crippen LogP contribution in [0.3, 0.4) is 0 Å². The quantitative estimate of drug-likeness (QED) is 0.840. The number of ether oxygens (including phenoxy) is 1. The van der Waals surface area contributed by atoms with Gasteiger partial charge >= 0.3 is 0 Å². The molecule has 2 nitrogen and oxygen atoms in total. The molecule has 0 spiro atoms. The summed E-state index contributed by atoms with van der Waals surface area (Å²) in [5.74, 6) is 0.446. The van der Waals surface area contributed by atoms with Crippen LogP contribution in [0.4, 0.5) is 0 Å². The van der Waals surface area contributed by atoms with Crippen molar-refractivity contribution in [3.63, 3.8) is 0 Å². The summed E-state index contributed by atoms with van der Waals surface area (Å²) in [5, 5.41) is 0.745. The lowest BCUT2D eigenvalue weighted by Gasteiger charge is -2.17. The van der Waals surface area contributed by atoms with Crippen LogP contribution in [0, 0.1) is 5.92 Å². The van der Waals surface area contributed by atoms with E-state index in [4.69, 9.17) is 22.1 Å². The SMILES string of the molecule is COCC(C)CC(N)c1ccccc1Cl. The fraction of sp³-hybridized carbons (Fsp3) is 0.500. The summed E-state index contributed by atoms with van der Waals surface area (Å²) >= 11 is 6.07. The van der Waals surface area contributed by atoms with E-state index < -0.39 is 0 Å². The maximum absolute atomic E-state index is 6.09. The first-order valence-corrected chi connectivity index (χ1v) is 5.52. The molecule has 2 atom stereocenters. The molecule has 84 valence electrons. The molecular weight excluding hydrogens is 210 g/mol. The summed E-state index contributed by atoms with van der Waals surface area (Å²) < 4.78 is 5.08. The number of rotatable bonds is 5. The van der Waals surface area contributed by atoms with E-state index in [9.17, 15) is 0 Å². The highest BCUT2D eigenvalue weighted by atomic mass is 35.5. The maximum Gasteiger partial charge on any atom is 0.0488 e. The Balaban J connectivity index is 2.61. The maximum atomic E-state index is 6.09. The summed E-state index contributed by atoms with van der Waals surface area (Å²) in [6.07, 6.45) is 0.886.